The minimum atomic E-state index is -0.981. The fraction of sp³-hybridized carbons (Fsp3) is 0.200. The minimum absolute atomic E-state index is 0.122. The average molecular weight is 308 g/mol. The van der Waals surface area contributed by atoms with E-state index in [4.69, 9.17) is 21.4 Å². The van der Waals surface area contributed by atoms with Crippen LogP contribution in [0.4, 0.5) is 0 Å². The molecule has 1 N–H and O–H groups in total. The summed E-state index contributed by atoms with van der Waals surface area (Å²) in [6.45, 7) is 1.67. The third kappa shape index (κ3) is 4.10. The predicted molar refractivity (Wildman–Crippen MR) is 78.9 cm³/mol. The lowest BCUT2D eigenvalue weighted by molar-refractivity contribution is -0.137. The van der Waals surface area contributed by atoms with E-state index >= 15 is 0 Å². The van der Waals surface area contributed by atoms with Crippen molar-refractivity contribution in [3.63, 3.8) is 0 Å². The van der Waals surface area contributed by atoms with Crippen LogP contribution in [0.25, 0.3) is 0 Å². The Balaban J connectivity index is 2.17. The van der Waals surface area contributed by atoms with Gasteiger partial charge in [-0.3, -0.25) is 9.59 Å². The van der Waals surface area contributed by atoms with Crippen molar-refractivity contribution in [3.8, 4) is 5.75 Å². The molecule has 0 radical (unpaired) electrons. The SMILES string of the molecule is Cc1cc(=O)c(OCc2ccc(Cl)cc2)cn1CC(=O)O. The van der Waals surface area contributed by atoms with Gasteiger partial charge in [-0.25, -0.2) is 0 Å². The molecular weight excluding hydrogens is 294 g/mol. The van der Waals surface area contributed by atoms with Crippen LogP contribution >= 0.6 is 11.6 Å². The first kappa shape index (κ1) is 15.1. The molecule has 0 unspecified atom stereocenters. The van der Waals surface area contributed by atoms with Crippen LogP contribution in [0.5, 0.6) is 5.75 Å². The number of pyridine rings is 1. The van der Waals surface area contributed by atoms with Crippen molar-refractivity contribution < 1.29 is 14.6 Å². The van der Waals surface area contributed by atoms with Gasteiger partial charge in [-0.2, -0.15) is 0 Å². The van der Waals surface area contributed by atoms with Crippen LogP contribution in [0.15, 0.2) is 41.3 Å². The molecule has 0 atom stereocenters. The van der Waals surface area contributed by atoms with Crippen molar-refractivity contribution in [2.75, 3.05) is 0 Å². The third-order valence-corrected chi connectivity index (χ3v) is 3.17. The van der Waals surface area contributed by atoms with Gasteiger partial charge in [0, 0.05) is 16.8 Å². The highest BCUT2D eigenvalue weighted by Gasteiger charge is 2.08. The standard InChI is InChI=1S/C15H14ClNO4/c1-10-6-13(18)14(7-17(10)8-15(19)20)21-9-11-2-4-12(16)5-3-11/h2-7H,8-9H2,1H3,(H,19,20). The molecule has 1 aromatic heterocycles. The van der Waals surface area contributed by atoms with Crippen LogP contribution in [0, 0.1) is 6.92 Å². The van der Waals surface area contributed by atoms with Crippen LogP contribution in [0.1, 0.15) is 11.3 Å². The Morgan fingerprint density at radius 1 is 1.33 bits per heavy atom. The zero-order chi connectivity index (χ0) is 15.4. The highest BCUT2D eigenvalue weighted by Crippen LogP contribution is 2.12. The molecule has 0 aliphatic carbocycles. The Morgan fingerprint density at radius 2 is 2.00 bits per heavy atom. The maximum absolute atomic E-state index is 11.8. The van der Waals surface area contributed by atoms with Crippen molar-refractivity contribution in [2.24, 2.45) is 0 Å². The fourth-order valence-corrected chi connectivity index (χ4v) is 1.94. The Bertz CT molecular complexity index is 707. The molecule has 0 aliphatic heterocycles. The van der Waals surface area contributed by atoms with Crippen molar-refractivity contribution >= 4 is 17.6 Å². The van der Waals surface area contributed by atoms with E-state index in [0.717, 1.165) is 5.56 Å². The number of benzene rings is 1. The zero-order valence-corrected chi connectivity index (χ0v) is 12.1. The van der Waals surface area contributed by atoms with Gasteiger partial charge in [0.25, 0.3) is 0 Å². The molecule has 0 fully saturated rings. The van der Waals surface area contributed by atoms with Gasteiger partial charge in [0.2, 0.25) is 5.43 Å². The molecule has 1 heterocycles. The summed E-state index contributed by atoms with van der Waals surface area (Å²) in [4.78, 5) is 22.6. The molecule has 2 rings (SSSR count). The normalized spacial score (nSPS) is 10.4. The second-order valence-corrected chi connectivity index (χ2v) is 5.02. The summed E-state index contributed by atoms with van der Waals surface area (Å²) in [5, 5.41) is 9.46. The van der Waals surface area contributed by atoms with Gasteiger partial charge < -0.3 is 14.4 Å². The largest absolute Gasteiger partial charge is 0.483 e. The number of halogens is 1. The lowest BCUT2D eigenvalue weighted by Crippen LogP contribution is -2.17. The van der Waals surface area contributed by atoms with E-state index in [1.165, 1.54) is 16.8 Å². The molecule has 0 saturated carbocycles. The van der Waals surface area contributed by atoms with Crippen LogP contribution in [-0.4, -0.2) is 15.6 Å². The molecule has 110 valence electrons. The quantitative estimate of drug-likeness (QED) is 0.921. The molecule has 0 amide bonds. The topological polar surface area (TPSA) is 68.5 Å². The zero-order valence-electron chi connectivity index (χ0n) is 11.4. The van der Waals surface area contributed by atoms with E-state index in [1.807, 2.05) is 0 Å². The number of rotatable bonds is 5. The van der Waals surface area contributed by atoms with E-state index < -0.39 is 5.97 Å². The smallest absolute Gasteiger partial charge is 0.323 e. The fourth-order valence-electron chi connectivity index (χ4n) is 1.82. The molecule has 0 bridgehead atoms. The molecule has 1 aromatic carbocycles. The molecule has 2 aromatic rings. The van der Waals surface area contributed by atoms with Gasteiger partial charge in [-0.1, -0.05) is 23.7 Å². The van der Waals surface area contributed by atoms with Crippen LogP contribution in [-0.2, 0) is 17.9 Å². The molecular formula is C15H14ClNO4. The first-order chi connectivity index (χ1) is 9.95. The number of hydrogen-bond donors (Lipinski definition) is 1. The lowest BCUT2D eigenvalue weighted by atomic mass is 10.2. The molecule has 0 aliphatic rings. The van der Waals surface area contributed by atoms with Gasteiger partial charge in [0.15, 0.2) is 5.75 Å². The summed E-state index contributed by atoms with van der Waals surface area (Å²) in [5.74, 6) is -0.859. The number of ether oxygens (including phenoxy) is 1. The highest BCUT2D eigenvalue weighted by atomic mass is 35.5. The number of carboxylic acids is 1. The molecule has 5 nitrogen and oxygen atoms in total. The number of nitrogens with zero attached hydrogens (tertiary/aromatic N) is 1. The summed E-state index contributed by atoms with van der Waals surface area (Å²) >= 11 is 5.79. The van der Waals surface area contributed by atoms with Gasteiger partial charge >= 0.3 is 5.97 Å². The van der Waals surface area contributed by atoms with Gasteiger partial charge in [0.1, 0.15) is 13.2 Å². The number of aryl methyl sites for hydroxylation is 1. The molecule has 21 heavy (non-hydrogen) atoms. The molecule has 6 heteroatoms. The maximum atomic E-state index is 11.8. The minimum Gasteiger partial charge on any atom is -0.483 e. The number of carbonyl (C=O) groups is 1. The summed E-state index contributed by atoms with van der Waals surface area (Å²) in [7, 11) is 0. The van der Waals surface area contributed by atoms with Crippen molar-refractivity contribution in [1.29, 1.82) is 0 Å². The second-order valence-electron chi connectivity index (χ2n) is 4.58. The van der Waals surface area contributed by atoms with Gasteiger partial charge in [-0.15, -0.1) is 0 Å². The number of carboxylic acid groups (broad SMARTS) is 1. The van der Waals surface area contributed by atoms with Gasteiger partial charge in [-0.05, 0) is 24.6 Å². The van der Waals surface area contributed by atoms with Crippen molar-refractivity contribution in [1.82, 2.24) is 4.57 Å². The Hall–Kier alpha value is -2.27. The van der Waals surface area contributed by atoms with Crippen molar-refractivity contribution in [2.45, 2.75) is 20.1 Å². The van der Waals surface area contributed by atoms with Crippen LogP contribution in [0.2, 0.25) is 5.02 Å². The van der Waals surface area contributed by atoms with E-state index in [2.05, 4.69) is 0 Å². The Morgan fingerprint density at radius 3 is 2.62 bits per heavy atom. The summed E-state index contributed by atoms with van der Waals surface area (Å²) in [5.41, 5.74) is 1.16. The summed E-state index contributed by atoms with van der Waals surface area (Å²) in [6, 6.07) is 8.43. The number of aromatic nitrogens is 1. The molecule has 0 saturated heterocycles. The number of hydrogen-bond acceptors (Lipinski definition) is 3. The second kappa shape index (κ2) is 6.45. The van der Waals surface area contributed by atoms with E-state index in [9.17, 15) is 9.59 Å². The lowest BCUT2D eigenvalue weighted by Gasteiger charge is -2.11. The monoisotopic (exact) mass is 307 g/mol. The first-order valence-corrected chi connectivity index (χ1v) is 6.63. The Labute approximate surface area is 126 Å². The average Bonchev–Trinajstić information content (AvgIpc) is 2.42. The highest BCUT2D eigenvalue weighted by molar-refractivity contribution is 6.30. The van der Waals surface area contributed by atoms with Crippen LogP contribution in [0.3, 0.4) is 0 Å². The third-order valence-electron chi connectivity index (χ3n) is 2.92. The van der Waals surface area contributed by atoms with E-state index in [-0.39, 0.29) is 24.3 Å². The Kier molecular flexibility index (Phi) is 4.65. The van der Waals surface area contributed by atoms with E-state index in [1.54, 1.807) is 31.2 Å². The maximum Gasteiger partial charge on any atom is 0.323 e. The summed E-state index contributed by atoms with van der Waals surface area (Å²) in [6.07, 6.45) is 1.42. The van der Waals surface area contributed by atoms with Crippen molar-refractivity contribution in [3.05, 3.63) is 63.0 Å². The molecule has 0 spiro atoms. The summed E-state index contributed by atoms with van der Waals surface area (Å²) < 4.78 is 6.93. The first-order valence-electron chi connectivity index (χ1n) is 6.26. The van der Waals surface area contributed by atoms with Gasteiger partial charge in [0.05, 0.1) is 6.20 Å². The number of aliphatic carboxylic acids is 1. The predicted octanol–water partition coefficient (Wildman–Crippen LogP) is 2.47. The van der Waals surface area contributed by atoms with Crippen LogP contribution < -0.4 is 10.2 Å². The van der Waals surface area contributed by atoms with E-state index in [0.29, 0.717) is 10.7 Å².